The highest BCUT2D eigenvalue weighted by Gasteiger charge is 2.07. The molecule has 0 spiro atoms. The maximum Gasteiger partial charge on any atom is 0.335 e. The number of halogens is 2. The molecule has 150 valence electrons. The molecule has 28 heavy (non-hydrogen) atoms. The van der Waals surface area contributed by atoms with E-state index in [4.69, 9.17) is 28.3 Å². The number of benzene rings is 2. The Balaban J connectivity index is 1.79. The third kappa shape index (κ3) is 7.06. The van der Waals surface area contributed by atoms with Gasteiger partial charge in [0.15, 0.2) is 0 Å². The summed E-state index contributed by atoms with van der Waals surface area (Å²) in [5.74, 6) is 0.0203. The lowest BCUT2D eigenvalue weighted by molar-refractivity contribution is -0.116. The molecule has 0 bridgehead atoms. The Morgan fingerprint density at radius 3 is 2.07 bits per heavy atom. The number of anilines is 2. The maximum atomic E-state index is 12.0. The monoisotopic (exact) mass is 422 g/mol. The Morgan fingerprint density at radius 2 is 1.54 bits per heavy atom. The van der Waals surface area contributed by atoms with Crippen molar-refractivity contribution in [2.75, 3.05) is 35.1 Å². The van der Waals surface area contributed by atoms with Crippen LogP contribution in [0.3, 0.4) is 0 Å². The van der Waals surface area contributed by atoms with E-state index in [1.54, 1.807) is 12.1 Å². The summed E-state index contributed by atoms with van der Waals surface area (Å²) in [4.78, 5) is 25.0. The van der Waals surface area contributed by atoms with E-state index in [9.17, 15) is 9.59 Å². The predicted molar refractivity (Wildman–Crippen MR) is 115 cm³/mol. The summed E-state index contributed by atoms with van der Waals surface area (Å²) in [6.07, 6.45) is 1.93. The molecule has 0 fully saturated rings. The van der Waals surface area contributed by atoms with Crippen molar-refractivity contribution in [2.45, 2.75) is 19.3 Å². The van der Waals surface area contributed by atoms with Crippen molar-refractivity contribution in [3.05, 3.63) is 59.7 Å². The van der Waals surface area contributed by atoms with Crippen LogP contribution < -0.4 is 10.2 Å². The van der Waals surface area contributed by atoms with Gasteiger partial charge in [0.2, 0.25) is 5.91 Å². The number of carbonyl (C=O) groups excluding carboxylic acids is 1. The van der Waals surface area contributed by atoms with Crippen LogP contribution in [-0.2, 0) is 11.2 Å². The highest BCUT2D eigenvalue weighted by molar-refractivity contribution is 6.18. The van der Waals surface area contributed by atoms with E-state index in [-0.39, 0.29) is 11.5 Å². The quantitative estimate of drug-likeness (QED) is 0.517. The standard InChI is InChI=1S/C21H24Cl2N2O3/c22-12-14-25(15-13-23)19-10-4-16(5-11-19)2-1-3-20(26)24-18-8-6-17(7-9-18)21(27)28/h4-11H,1-3,12-15H2,(H,24,26)(H,27,28). The number of hydrogen-bond acceptors (Lipinski definition) is 3. The van der Waals surface area contributed by atoms with Gasteiger partial charge in [-0.15, -0.1) is 23.2 Å². The second-order valence-electron chi connectivity index (χ2n) is 6.32. The molecule has 0 atom stereocenters. The number of nitrogens with zero attached hydrogens (tertiary/aromatic N) is 1. The van der Waals surface area contributed by atoms with Crippen LogP contribution >= 0.6 is 23.2 Å². The molecule has 0 aliphatic heterocycles. The second-order valence-corrected chi connectivity index (χ2v) is 7.07. The van der Waals surface area contributed by atoms with Gasteiger partial charge in [-0.05, 0) is 54.8 Å². The molecule has 0 heterocycles. The fourth-order valence-electron chi connectivity index (χ4n) is 2.82. The number of rotatable bonds is 11. The topological polar surface area (TPSA) is 69.6 Å². The zero-order valence-corrected chi connectivity index (χ0v) is 17.0. The number of alkyl halides is 2. The Hall–Kier alpha value is -2.24. The molecular weight excluding hydrogens is 399 g/mol. The number of carboxylic acids is 1. The molecule has 2 aromatic rings. The summed E-state index contributed by atoms with van der Waals surface area (Å²) in [6.45, 7) is 1.50. The third-order valence-electron chi connectivity index (χ3n) is 4.30. The molecule has 0 aliphatic carbocycles. The van der Waals surface area contributed by atoms with Gasteiger partial charge in [0.25, 0.3) is 0 Å². The van der Waals surface area contributed by atoms with Crippen molar-refractivity contribution in [3.63, 3.8) is 0 Å². The molecule has 2 rings (SSSR count). The first-order chi connectivity index (χ1) is 13.5. The molecule has 7 heteroatoms. The molecule has 2 N–H and O–H groups in total. The van der Waals surface area contributed by atoms with Crippen LogP contribution in [0.2, 0.25) is 0 Å². The molecule has 0 saturated carbocycles. The van der Waals surface area contributed by atoms with E-state index in [0.717, 1.165) is 31.6 Å². The summed E-state index contributed by atoms with van der Waals surface area (Å²) < 4.78 is 0. The molecule has 5 nitrogen and oxygen atoms in total. The second kappa shape index (κ2) is 11.6. The highest BCUT2D eigenvalue weighted by Crippen LogP contribution is 2.17. The average Bonchev–Trinajstić information content (AvgIpc) is 2.69. The molecule has 0 aliphatic rings. The van der Waals surface area contributed by atoms with Crippen LogP contribution in [0.5, 0.6) is 0 Å². The minimum Gasteiger partial charge on any atom is -0.478 e. The maximum absolute atomic E-state index is 12.0. The first-order valence-corrected chi connectivity index (χ1v) is 10.2. The number of amides is 1. The summed E-state index contributed by atoms with van der Waals surface area (Å²) in [5, 5.41) is 11.7. The molecule has 0 radical (unpaired) electrons. The Labute approximate surface area is 175 Å². The van der Waals surface area contributed by atoms with Crippen LogP contribution in [0.1, 0.15) is 28.8 Å². The van der Waals surface area contributed by atoms with Crippen molar-refractivity contribution in [1.29, 1.82) is 0 Å². The van der Waals surface area contributed by atoms with Gasteiger partial charge in [0.05, 0.1) is 5.56 Å². The van der Waals surface area contributed by atoms with Crippen LogP contribution in [0.25, 0.3) is 0 Å². The zero-order chi connectivity index (χ0) is 20.4. The minimum absolute atomic E-state index is 0.0879. The Kier molecular flexibility index (Phi) is 9.11. The van der Waals surface area contributed by atoms with Gasteiger partial charge in [0.1, 0.15) is 0 Å². The number of aryl methyl sites for hydroxylation is 1. The summed E-state index contributed by atoms with van der Waals surface area (Å²) in [6, 6.07) is 14.4. The number of aromatic carboxylic acids is 1. The Bertz CT molecular complexity index is 758. The SMILES string of the molecule is O=C(CCCc1ccc(N(CCCl)CCCl)cc1)Nc1ccc(C(=O)O)cc1. The number of nitrogens with one attached hydrogen (secondary N) is 1. The molecule has 2 aromatic carbocycles. The molecular formula is C21H24Cl2N2O3. The Morgan fingerprint density at radius 1 is 0.929 bits per heavy atom. The summed E-state index contributed by atoms with van der Waals surface area (Å²) in [7, 11) is 0. The van der Waals surface area contributed by atoms with E-state index in [1.807, 2.05) is 0 Å². The van der Waals surface area contributed by atoms with Crippen molar-refractivity contribution in [2.24, 2.45) is 0 Å². The smallest absolute Gasteiger partial charge is 0.335 e. The van der Waals surface area contributed by atoms with E-state index in [1.165, 1.54) is 17.7 Å². The highest BCUT2D eigenvalue weighted by atomic mass is 35.5. The van der Waals surface area contributed by atoms with Gasteiger partial charge in [0, 0.05) is 42.6 Å². The van der Waals surface area contributed by atoms with Crippen LogP contribution in [0, 0.1) is 0 Å². The summed E-state index contributed by atoms with van der Waals surface area (Å²) in [5.41, 5.74) is 3.04. The fraction of sp³-hybridized carbons (Fsp3) is 0.333. The minimum atomic E-state index is -0.989. The fourth-order valence-corrected chi connectivity index (χ4v) is 3.23. The first kappa shape index (κ1) is 22.1. The zero-order valence-electron chi connectivity index (χ0n) is 15.5. The van der Waals surface area contributed by atoms with E-state index in [0.29, 0.717) is 23.9 Å². The van der Waals surface area contributed by atoms with Gasteiger partial charge in [-0.25, -0.2) is 4.79 Å². The van der Waals surface area contributed by atoms with Crippen LogP contribution in [-0.4, -0.2) is 41.8 Å². The number of hydrogen-bond donors (Lipinski definition) is 2. The van der Waals surface area contributed by atoms with E-state index in [2.05, 4.69) is 34.5 Å². The number of carbonyl (C=O) groups is 2. The van der Waals surface area contributed by atoms with E-state index < -0.39 is 5.97 Å². The van der Waals surface area contributed by atoms with Crippen molar-refractivity contribution in [3.8, 4) is 0 Å². The average molecular weight is 423 g/mol. The molecule has 0 unspecified atom stereocenters. The van der Waals surface area contributed by atoms with Gasteiger partial charge in [-0.2, -0.15) is 0 Å². The molecule has 0 saturated heterocycles. The van der Waals surface area contributed by atoms with E-state index >= 15 is 0 Å². The van der Waals surface area contributed by atoms with Gasteiger partial charge in [-0.1, -0.05) is 12.1 Å². The van der Waals surface area contributed by atoms with Crippen LogP contribution in [0.4, 0.5) is 11.4 Å². The van der Waals surface area contributed by atoms with Crippen molar-refractivity contribution >= 4 is 46.5 Å². The first-order valence-electron chi connectivity index (χ1n) is 9.12. The summed E-state index contributed by atoms with van der Waals surface area (Å²) >= 11 is 11.7. The third-order valence-corrected chi connectivity index (χ3v) is 4.63. The number of carboxylic acid groups (broad SMARTS) is 1. The lowest BCUT2D eigenvalue weighted by atomic mass is 10.1. The van der Waals surface area contributed by atoms with Crippen molar-refractivity contribution in [1.82, 2.24) is 0 Å². The normalized spacial score (nSPS) is 10.5. The van der Waals surface area contributed by atoms with Gasteiger partial charge >= 0.3 is 5.97 Å². The van der Waals surface area contributed by atoms with Crippen LogP contribution in [0.15, 0.2) is 48.5 Å². The van der Waals surface area contributed by atoms with Crippen molar-refractivity contribution < 1.29 is 14.7 Å². The lowest BCUT2D eigenvalue weighted by Gasteiger charge is -2.23. The lowest BCUT2D eigenvalue weighted by Crippen LogP contribution is -2.27. The largest absolute Gasteiger partial charge is 0.478 e. The van der Waals surface area contributed by atoms with Gasteiger partial charge in [-0.3, -0.25) is 4.79 Å². The molecule has 1 amide bonds. The molecule has 0 aromatic heterocycles. The predicted octanol–water partition coefficient (Wildman–Crippen LogP) is 4.63. The van der Waals surface area contributed by atoms with Gasteiger partial charge < -0.3 is 15.3 Å².